The van der Waals surface area contributed by atoms with Gasteiger partial charge in [-0.15, -0.1) is 0 Å². The predicted molar refractivity (Wildman–Crippen MR) is 144 cm³/mol. The van der Waals surface area contributed by atoms with Gasteiger partial charge in [-0.3, -0.25) is 0 Å². The van der Waals surface area contributed by atoms with Gasteiger partial charge in [0.05, 0.1) is 16.7 Å². The Morgan fingerprint density at radius 1 is 0.515 bits per heavy atom. The van der Waals surface area contributed by atoms with Crippen molar-refractivity contribution in [3.8, 4) is 5.69 Å². The zero-order valence-electron chi connectivity index (χ0n) is 17.9. The minimum absolute atomic E-state index is 0.954. The third-order valence-corrected chi connectivity index (χ3v) is 7.84. The molecule has 0 aliphatic heterocycles. The lowest BCUT2D eigenvalue weighted by molar-refractivity contribution is 1.20. The first-order valence-electron chi connectivity index (χ1n) is 11.3. The lowest BCUT2D eigenvalue weighted by Crippen LogP contribution is -1.97. The fourth-order valence-corrected chi connectivity index (χ4v) is 6.20. The van der Waals surface area contributed by atoms with Crippen molar-refractivity contribution in [1.29, 1.82) is 0 Å². The molecular weight excluding hydrogens is 466 g/mol. The van der Waals surface area contributed by atoms with Gasteiger partial charge >= 0.3 is 0 Å². The van der Waals surface area contributed by atoms with E-state index in [0.717, 1.165) is 6.42 Å². The molecule has 1 aliphatic carbocycles. The molecule has 0 radical (unpaired) electrons. The smallest absolute Gasteiger partial charge is 0.0541 e. The number of hydrogen-bond donors (Lipinski definition) is 0. The van der Waals surface area contributed by atoms with Crippen LogP contribution in [0.15, 0.2) is 109 Å². The van der Waals surface area contributed by atoms with Crippen molar-refractivity contribution in [2.75, 3.05) is 0 Å². The Balaban J connectivity index is 1.53. The normalized spacial score (nSPS) is 13.4. The summed E-state index contributed by atoms with van der Waals surface area (Å²) in [7, 11) is 0. The topological polar surface area (TPSA) is 4.93 Å². The van der Waals surface area contributed by atoms with Crippen LogP contribution in [0.1, 0.15) is 16.7 Å². The fourth-order valence-electron chi connectivity index (χ4n) is 5.46. The van der Waals surface area contributed by atoms with Crippen molar-refractivity contribution in [2.24, 2.45) is 0 Å². The summed E-state index contributed by atoms with van der Waals surface area (Å²) in [4.78, 5) is 0. The number of para-hydroxylation sites is 2. The molecule has 1 aromatic heterocycles. The molecule has 33 heavy (non-hydrogen) atoms. The molecule has 0 atom stereocenters. The van der Waals surface area contributed by atoms with Crippen molar-refractivity contribution >= 4 is 58.6 Å². The van der Waals surface area contributed by atoms with E-state index in [9.17, 15) is 0 Å². The maximum absolute atomic E-state index is 3.92. The van der Waals surface area contributed by atoms with E-state index in [1.807, 2.05) is 0 Å². The van der Waals surface area contributed by atoms with E-state index in [-0.39, 0.29) is 0 Å². The van der Waals surface area contributed by atoms with Crippen molar-refractivity contribution in [1.82, 2.24) is 4.57 Å². The maximum atomic E-state index is 3.92. The first-order valence-corrected chi connectivity index (χ1v) is 12.1. The predicted octanol–water partition coefficient (Wildman–Crippen LogP) is 8.76. The average Bonchev–Trinajstić information content (AvgIpc) is 3.39. The molecule has 1 aliphatic rings. The molecular formula is C31H20BrN. The minimum atomic E-state index is 0.954. The second-order valence-electron chi connectivity index (χ2n) is 8.67. The highest BCUT2D eigenvalue weighted by Gasteiger charge is 2.23. The van der Waals surface area contributed by atoms with Crippen LogP contribution in [0.2, 0.25) is 0 Å². The summed E-state index contributed by atoms with van der Waals surface area (Å²) in [6, 6.07) is 39.5. The molecule has 0 unspecified atom stereocenters. The zero-order chi connectivity index (χ0) is 21.9. The second-order valence-corrected chi connectivity index (χ2v) is 9.47. The first-order chi connectivity index (χ1) is 16.3. The van der Waals surface area contributed by atoms with Crippen molar-refractivity contribution in [3.63, 3.8) is 0 Å². The highest BCUT2D eigenvalue weighted by molar-refractivity contribution is 9.15. The van der Waals surface area contributed by atoms with Gasteiger partial charge in [-0.25, -0.2) is 0 Å². The summed E-state index contributed by atoms with van der Waals surface area (Å²) in [6.45, 7) is 0. The van der Waals surface area contributed by atoms with Gasteiger partial charge in [0, 0.05) is 20.6 Å². The molecule has 0 fully saturated rings. The number of benzene rings is 5. The van der Waals surface area contributed by atoms with E-state index in [0.29, 0.717) is 0 Å². The molecule has 0 amide bonds. The SMILES string of the molecule is BrC1=C(c2ccc(-n3c4ccccc4c4ccccc43)c3ccccc23)Cc2ccccc21. The number of hydrogen-bond acceptors (Lipinski definition) is 0. The zero-order valence-corrected chi connectivity index (χ0v) is 19.5. The number of aromatic nitrogens is 1. The average molecular weight is 486 g/mol. The van der Waals surface area contributed by atoms with Gasteiger partial charge in [0.25, 0.3) is 0 Å². The quantitative estimate of drug-likeness (QED) is 0.231. The van der Waals surface area contributed by atoms with Gasteiger partial charge in [-0.05, 0) is 68.2 Å². The Morgan fingerprint density at radius 2 is 1.09 bits per heavy atom. The van der Waals surface area contributed by atoms with E-state index in [1.54, 1.807) is 0 Å². The van der Waals surface area contributed by atoms with Crippen LogP contribution in [0.25, 0.3) is 48.3 Å². The highest BCUT2D eigenvalue weighted by Crippen LogP contribution is 2.44. The number of allylic oxidation sites excluding steroid dienone is 1. The monoisotopic (exact) mass is 485 g/mol. The Kier molecular flexibility index (Phi) is 4.12. The Hall–Kier alpha value is -3.62. The lowest BCUT2D eigenvalue weighted by atomic mass is 9.95. The molecule has 2 heteroatoms. The lowest BCUT2D eigenvalue weighted by Gasteiger charge is -2.15. The van der Waals surface area contributed by atoms with Gasteiger partial charge in [0.15, 0.2) is 0 Å². The Bertz CT molecular complexity index is 1700. The summed E-state index contributed by atoms with van der Waals surface area (Å²) in [6.07, 6.45) is 0.954. The third kappa shape index (κ3) is 2.71. The van der Waals surface area contributed by atoms with Crippen LogP contribution in [0.5, 0.6) is 0 Å². The van der Waals surface area contributed by atoms with E-state index >= 15 is 0 Å². The van der Waals surface area contributed by atoms with Crippen LogP contribution in [0.3, 0.4) is 0 Å². The summed E-state index contributed by atoms with van der Waals surface area (Å²) in [5.74, 6) is 0. The second kappa shape index (κ2) is 7.19. The van der Waals surface area contributed by atoms with Crippen LogP contribution in [-0.2, 0) is 6.42 Å². The molecule has 0 saturated carbocycles. The van der Waals surface area contributed by atoms with Crippen LogP contribution in [0, 0.1) is 0 Å². The number of halogens is 1. The summed E-state index contributed by atoms with van der Waals surface area (Å²) in [5.41, 5.74) is 9.06. The molecule has 156 valence electrons. The third-order valence-electron chi connectivity index (χ3n) is 6.93. The molecule has 0 bridgehead atoms. The van der Waals surface area contributed by atoms with Gasteiger partial charge in [-0.1, -0.05) is 91.0 Å². The van der Waals surface area contributed by atoms with Crippen LogP contribution in [-0.4, -0.2) is 4.57 Å². The van der Waals surface area contributed by atoms with Gasteiger partial charge in [0.1, 0.15) is 0 Å². The maximum Gasteiger partial charge on any atom is 0.0541 e. The molecule has 7 rings (SSSR count). The molecule has 6 aromatic rings. The number of rotatable bonds is 2. The summed E-state index contributed by atoms with van der Waals surface area (Å²) >= 11 is 3.92. The number of nitrogens with zero attached hydrogens (tertiary/aromatic N) is 1. The van der Waals surface area contributed by atoms with Crippen LogP contribution < -0.4 is 0 Å². The largest absolute Gasteiger partial charge is 0.309 e. The Morgan fingerprint density at radius 3 is 1.79 bits per heavy atom. The molecule has 1 heterocycles. The molecule has 0 saturated heterocycles. The fraction of sp³-hybridized carbons (Fsp3) is 0.0323. The molecule has 0 spiro atoms. The van der Waals surface area contributed by atoms with Gasteiger partial charge in [0.2, 0.25) is 0 Å². The minimum Gasteiger partial charge on any atom is -0.309 e. The first kappa shape index (κ1) is 18.9. The van der Waals surface area contributed by atoms with Crippen molar-refractivity contribution in [2.45, 2.75) is 6.42 Å². The van der Waals surface area contributed by atoms with E-state index in [1.165, 1.54) is 65.0 Å². The Labute approximate surface area is 200 Å². The van der Waals surface area contributed by atoms with Crippen LogP contribution in [0.4, 0.5) is 0 Å². The summed E-state index contributed by atoms with van der Waals surface area (Å²) in [5, 5.41) is 5.14. The van der Waals surface area contributed by atoms with Crippen molar-refractivity contribution in [3.05, 3.63) is 126 Å². The van der Waals surface area contributed by atoms with Gasteiger partial charge in [-0.2, -0.15) is 0 Å². The van der Waals surface area contributed by atoms with E-state index < -0.39 is 0 Å². The van der Waals surface area contributed by atoms with Crippen LogP contribution >= 0.6 is 15.9 Å². The van der Waals surface area contributed by atoms with Crippen molar-refractivity contribution < 1.29 is 0 Å². The molecule has 1 nitrogen and oxygen atoms in total. The number of fused-ring (bicyclic) bond motifs is 5. The summed E-state index contributed by atoms with van der Waals surface area (Å²) < 4.78 is 3.64. The van der Waals surface area contributed by atoms with E-state index in [2.05, 4.69) is 130 Å². The molecule has 5 aromatic carbocycles. The molecule has 0 N–H and O–H groups in total. The highest BCUT2D eigenvalue weighted by atomic mass is 79.9. The van der Waals surface area contributed by atoms with E-state index in [4.69, 9.17) is 0 Å². The standard InChI is InChI=1S/C31H20BrN/c32-31-21-10-2-1-9-20(21)19-27(31)23-17-18-30(24-12-4-3-11-22(23)24)33-28-15-7-5-13-25(28)26-14-6-8-16-29(26)33/h1-18H,19H2. The van der Waals surface area contributed by atoms with Gasteiger partial charge < -0.3 is 4.57 Å².